The van der Waals surface area contributed by atoms with Gasteiger partial charge in [0.05, 0.1) is 12.7 Å². The second kappa shape index (κ2) is 3.92. The molecular formula is C10H11BrO2. The molecule has 3 heteroatoms. The van der Waals surface area contributed by atoms with E-state index >= 15 is 0 Å². The van der Waals surface area contributed by atoms with Crippen LogP contribution in [0.2, 0.25) is 0 Å². The first kappa shape index (κ1) is 10.3. The van der Waals surface area contributed by atoms with Gasteiger partial charge in [0.15, 0.2) is 5.78 Å². The van der Waals surface area contributed by atoms with Crippen LogP contribution in [0, 0.1) is 6.92 Å². The van der Waals surface area contributed by atoms with Crippen LogP contribution in [-0.2, 0) is 0 Å². The number of carbonyl (C=O) groups is 1. The zero-order valence-electron chi connectivity index (χ0n) is 7.85. The monoisotopic (exact) mass is 242 g/mol. The van der Waals surface area contributed by atoms with Gasteiger partial charge in [0.1, 0.15) is 5.75 Å². The summed E-state index contributed by atoms with van der Waals surface area (Å²) in [6.45, 7) is 3.47. The zero-order chi connectivity index (χ0) is 10.0. The Hall–Kier alpha value is -0.830. The molecule has 0 aliphatic rings. The van der Waals surface area contributed by atoms with E-state index in [9.17, 15) is 4.79 Å². The van der Waals surface area contributed by atoms with Crippen molar-refractivity contribution in [1.82, 2.24) is 0 Å². The number of hydrogen-bond acceptors (Lipinski definition) is 2. The lowest BCUT2D eigenvalue weighted by Gasteiger charge is -2.08. The number of halogens is 1. The minimum atomic E-state index is 0.0208. The van der Waals surface area contributed by atoms with Gasteiger partial charge in [0.2, 0.25) is 0 Å². The molecule has 2 nitrogen and oxygen atoms in total. The van der Waals surface area contributed by atoms with E-state index in [1.54, 1.807) is 7.11 Å². The number of ether oxygens (including phenoxy) is 1. The topological polar surface area (TPSA) is 26.3 Å². The highest BCUT2D eigenvalue weighted by Gasteiger charge is 2.09. The van der Waals surface area contributed by atoms with Crippen LogP contribution >= 0.6 is 15.9 Å². The van der Waals surface area contributed by atoms with Crippen LogP contribution in [0.25, 0.3) is 0 Å². The Kier molecular flexibility index (Phi) is 3.09. The van der Waals surface area contributed by atoms with E-state index in [0.29, 0.717) is 11.3 Å². The Morgan fingerprint density at radius 2 is 2.08 bits per heavy atom. The summed E-state index contributed by atoms with van der Waals surface area (Å²) in [6, 6.07) is 3.64. The van der Waals surface area contributed by atoms with Crippen molar-refractivity contribution >= 4 is 21.7 Å². The molecule has 0 aliphatic carbocycles. The maximum atomic E-state index is 11.2. The quantitative estimate of drug-likeness (QED) is 0.746. The average molecular weight is 243 g/mol. The van der Waals surface area contributed by atoms with Crippen LogP contribution in [0.1, 0.15) is 22.8 Å². The molecular weight excluding hydrogens is 232 g/mol. The number of hydrogen-bond donors (Lipinski definition) is 0. The molecule has 13 heavy (non-hydrogen) atoms. The van der Waals surface area contributed by atoms with E-state index in [4.69, 9.17) is 4.74 Å². The van der Waals surface area contributed by atoms with Gasteiger partial charge in [-0.15, -0.1) is 0 Å². The highest BCUT2D eigenvalue weighted by atomic mass is 79.9. The summed E-state index contributed by atoms with van der Waals surface area (Å²) in [4.78, 5) is 11.2. The predicted molar refractivity (Wildman–Crippen MR) is 55.4 cm³/mol. The van der Waals surface area contributed by atoms with Gasteiger partial charge < -0.3 is 4.74 Å². The summed E-state index contributed by atoms with van der Waals surface area (Å²) in [5.41, 5.74) is 1.66. The fourth-order valence-electron chi connectivity index (χ4n) is 1.11. The second-order valence-corrected chi connectivity index (χ2v) is 3.71. The maximum absolute atomic E-state index is 11.2. The molecule has 0 radical (unpaired) electrons. The Bertz CT molecular complexity index is 345. The number of benzene rings is 1. The summed E-state index contributed by atoms with van der Waals surface area (Å²) >= 11 is 3.38. The zero-order valence-corrected chi connectivity index (χ0v) is 9.44. The van der Waals surface area contributed by atoms with Crippen molar-refractivity contribution in [2.75, 3.05) is 7.11 Å². The van der Waals surface area contributed by atoms with E-state index in [1.165, 1.54) is 6.92 Å². The normalized spacial score (nSPS) is 9.85. The fraction of sp³-hybridized carbons (Fsp3) is 0.300. The van der Waals surface area contributed by atoms with Gasteiger partial charge >= 0.3 is 0 Å². The SMILES string of the molecule is COc1cc(Br)c(C)cc1C(C)=O. The highest BCUT2D eigenvalue weighted by molar-refractivity contribution is 9.10. The molecule has 0 saturated heterocycles. The van der Waals surface area contributed by atoms with Gasteiger partial charge in [-0.2, -0.15) is 0 Å². The van der Waals surface area contributed by atoms with Crippen LogP contribution < -0.4 is 4.74 Å². The van der Waals surface area contributed by atoms with Gasteiger partial charge in [-0.1, -0.05) is 15.9 Å². The minimum Gasteiger partial charge on any atom is -0.496 e. The van der Waals surface area contributed by atoms with Gasteiger partial charge in [-0.25, -0.2) is 0 Å². The molecule has 0 aromatic heterocycles. The summed E-state index contributed by atoms with van der Waals surface area (Å²) in [5, 5.41) is 0. The van der Waals surface area contributed by atoms with E-state index in [0.717, 1.165) is 10.0 Å². The van der Waals surface area contributed by atoms with Crippen molar-refractivity contribution in [3.63, 3.8) is 0 Å². The van der Waals surface area contributed by atoms with E-state index < -0.39 is 0 Å². The van der Waals surface area contributed by atoms with Gasteiger partial charge in [0, 0.05) is 4.47 Å². The lowest BCUT2D eigenvalue weighted by Crippen LogP contribution is -1.98. The Balaban J connectivity index is 3.33. The van der Waals surface area contributed by atoms with E-state index in [1.807, 2.05) is 19.1 Å². The molecule has 0 heterocycles. The number of ketones is 1. The van der Waals surface area contributed by atoms with Gasteiger partial charge in [-0.3, -0.25) is 4.79 Å². The maximum Gasteiger partial charge on any atom is 0.163 e. The number of aryl methyl sites for hydroxylation is 1. The highest BCUT2D eigenvalue weighted by Crippen LogP contribution is 2.27. The molecule has 0 unspecified atom stereocenters. The predicted octanol–water partition coefficient (Wildman–Crippen LogP) is 2.97. The number of methoxy groups -OCH3 is 1. The van der Waals surface area contributed by atoms with Crippen molar-refractivity contribution in [1.29, 1.82) is 0 Å². The number of Topliss-reactive ketones (excluding diaryl/α,β-unsaturated/α-hetero) is 1. The molecule has 0 aliphatic heterocycles. The molecule has 0 fully saturated rings. The number of carbonyl (C=O) groups excluding carboxylic acids is 1. The van der Waals surface area contributed by atoms with Crippen molar-refractivity contribution < 1.29 is 9.53 Å². The van der Waals surface area contributed by atoms with Gasteiger partial charge in [-0.05, 0) is 31.5 Å². The third-order valence-electron chi connectivity index (χ3n) is 1.86. The molecule has 1 rings (SSSR count). The first-order chi connectivity index (χ1) is 6.06. The first-order valence-corrected chi connectivity index (χ1v) is 4.70. The minimum absolute atomic E-state index is 0.0208. The molecule has 70 valence electrons. The first-order valence-electron chi connectivity index (χ1n) is 3.91. The Morgan fingerprint density at radius 3 is 2.54 bits per heavy atom. The molecule has 0 spiro atoms. The van der Waals surface area contributed by atoms with Gasteiger partial charge in [0.25, 0.3) is 0 Å². The van der Waals surface area contributed by atoms with Crippen molar-refractivity contribution in [3.8, 4) is 5.75 Å². The lowest BCUT2D eigenvalue weighted by atomic mass is 10.1. The van der Waals surface area contributed by atoms with Crippen LogP contribution in [0.3, 0.4) is 0 Å². The van der Waals surface area contributed by atoms with E-state index in [2.05, 4.69) is 15.9 Å². The van der Waals surface area contributed by atoms with Crippen LogP contribution in [0.4, 0.5) is 0 Å². The Labute approximate surface area is 86.0 Å². The second-order valence-electron chi connectivity index (χ2n) is 2.86. The standard InChI is InChI=1S/C10H11BrO2/c1-6-4-8(7(2)12)10(13-3)5-9(6)11/h4-5H,1-3H3. The summed E-state index contributed by atoms with van der Waals surface area (Å²) in [7, 11) is 1.56. The molecule has 1 aromatic carbocycles. The Morgan fingerprint density at radius 1 is 1.46 bits per heavy atom. The number of rotatable bonds is 2. The lowest BCUT2D eigenvalue weighted by molar-refractivity contribution is 0.101. The average Bonchev–Trinajstić information content (AvgIpc) is 2.08. The van der Waals surface area contributed by atoms with Crippen LogP contribution in [0.5, 0.6) is 5.75 Å². The molecule has 0 bridgehead atoms. The largest absolute Gasteiger partial charge is 0.496 e. The van der Waals surface area contributed by atoms with E-state index in [-0.39, 0.29) is 5.78 Å². The fourth-order valence-corrected chi connectivity index (χ4v) is 1.43. The van der Waals surface area contributed by atoms with Crippen molar-refractivity contribution in [2.45, 2.75) is 13.8 Å². The molecule has 0 amide bonds. The molecule has 0 N–H and O–H groups in total. The van der Waals surface area contributed by atoms with Crippen LogP contribution in [0.15, 0.2) is 16.6 Å². The van der Waals surface area contributed by atoms with Crippen molar-refractivity contribution in [2.24, 2.45) is 0 Å². The molecule has 0 atom stereocenters. The smallest absolute Gasteiger partial charge is 0.163 e. The van der Waals surface area contributed by atoms with Crippen LogP contribution in [-0.4, -0.2) is 12.9 Å². The molecule has 0 saturated carbocycles. The third-order valence-corrected chi connectivity index (χ3v) is 2.71. The third kappa shape index (κ3) is 2.10. The summed E-state index contributed by atoms with van der Waals surface area (Å²) in [6.07, 6.45) is 0. The van der Waals surface area contributed by atoms with Crippen molar-refractivity contribution in [3.05, 3.63) is 27.7 Å². The molecule has 1 aromatic rings. The summed E-state index contributed by atoms with van der Waals surface area (Å²) in [5.74, 6) is 0.637. The summed E-state index contributed by atoms with van der Waals surface area (Å²) < 4.78 is 6.04.